The number of carbonyl (C=O) groups excluding carboxylic acids is 1. The van der Waals surface area contributed by atoms with Gasteiger partial charge in [-0.1, -0.05) is 13.8 Å². The van der Waals surface area contributed by atoms with Crippen LogP contribution in [0.4, 0.5) is 0 Å². The number of fused-ring (bicyclic) bond motifs is 2. The topological polar surface area (TPSA) is 62.5 Å². The first-order chi connectivity index (χ1) is 9.88. The number of thioether (sulfide) groups is 2. The van der Waals surface area contributed by atoms with Crippen LogP contribution in [-0.4, -0.2) is 22.6 Å². The van der Waals surface area contributed by atoms with E-state index in [9.17, 15) is 4.79 Å². The molecule has 2 aliphatic rings. The molecule has 116 valence electrons. The van der Waals surface area contributed by atoms with Crippen LogP contribution in [0.3, 0.4) is 0 Å². The van der Waals surface area contributed by atoms with Gasteiger partial charge in [-0.15, -0.1) is 23.5 Å². The fraction of sp³-hybridized carbons (Fsp3) is 0.667. The largest absolute Gasteiger partial charge is 0.455 e. The number of nitrogens with one attached hydrogen (secondary N) is 1. The molecule has 2 heterocycles. The Hall–Kier alpha value is -0.590. The molecule has 1 aliphatic heterocycles. The van der Waals surface area contributed by atoms with E-state index in [2.05, 4.69) is 13.8 Å². The van der Waals surface area contributed by atoms with E-state index in [1.807, 2.05) is 30.4 Å². The van der Waals surface area contributed by atoms with Gasteiger partial charge in [0, 0.05) is 17.5 Å². The summed E-state index contributed by atoms with van der Waals surface area (Å²) in [6.07, 6.45) is 3.15. The molecule has 1 aliphatic carbocycles. The van der Waals surface area contributed by atoms with Crippen LogP contribution in [0.15, 0.2) is 4.42 Å². The van der Waals surface area contributed by atoms with Gasteiger partial charge in [0.05, 0.1) is 4.08 Å². The van der Waals surface area contributed by atoms with Crippen molar-refractivity contribution in [2.75, 3.05) is 11.5 Å². The van der Waals surface area contributed by atoms with Crippen LogP contribution in [0.25, 0.3) is 0 Å². The number of furan rings is 1. The molecule has 2 N–H and O–H groups in total. The van der Waals surface area contributed by atoms with Crippen molar-refractivity contribution in [3.05, 3.63) is 22.6 Å². The molecule has 1 saturated heterocycles. The van der Waals surface area contributed by atoms with E-state index in [0.717, 1.165) is 35.7 Å². The molecule has 0 radical (unpaired) electrons. The summed E-state index contributed by atoms with van der Waals surface area (Å²) in [4.78, 5) is 11.8. The fourth-order valence-corrected chi connectivity index (χ4v) is 7.56. The molecule has 0 unspecified atom stereocenters. The van der Waals surface area contributed by atoms with Crippen LogP contribution in [0.2, 0.25) is 0 Å². The second-order valence-electron chi connectivity index (χ2n) is 6.62. The third-order valence-corrected chi connectivity index (χ3v) is 7.54. The van der Waals surface area contributed by atoms with Crippen LogP contribution in [-0.2, 0) is 10.5 Å². The normalized spacial score (nSPS) is 22.9. The molecule has 4 nitrogen and oxygen atoms in total. The Morgan fingerprint density at radius 2 is 2.00 bits per heavy atom. The summed E-state index contributed by atoms with van der Waals surface area (Å²) >= 11 is 3.97. The lowest BCUT2D eigenvalue weighted by molar-refractivity contribution is 0.0672. The Labute approximate surface area is 133 Å². The van der Waals surface area contributed by atoms with Crippen LogP contribution < -0.4 is 5.48 Å². The van der Waals surface area contributed by atoms with Crippen molar-refractivity contribution >= 4 is 29.4 Å². The maximum Gasteiger partial charge on any atom is 0.310 e. The highest BCUT2D eigenvalue weighted by Gasteiger charge is 2.49. The highest BCUT2D eigenvalue weighted by molar-refractivity contribution is 8.18. The molecule has 0 bridgehead atoms. The molecule has 0 atom stereocenters. The zero-order valence-corrected chi connectivity index (χ0v) is 14.2. The van der Waals surface area contributed by atoms with Crippen molar-refractivity contribution in [2.45, 2.75) is 44.1 Å². The van der Waals surface area contributed by atoms with Gasteiger partial charge in [-0.25, -0.2) is 5.48 Å². The predicted octanol–water partition coefficient (Wildman–Crippen LogP) is 3.70. The average molecular weight is 327 g/mol. The number of rotatable bonds is 1. The number of hydroxylamine groups is 1. The lowest BCUT2D eigenvalue weighted by Gasteiger charge is -2.45. The number of hydrogen-bond donors (Lipinski definition) is 2. The lowest BCUT2D eigenvalue weighted by atomic mass is 9.76. The Kier molecular flexibility index (Phi) is 3.83. The van der Waals surface area contributed by atoms with E-state index < -0.39 is 5.91 Å². The molecule has 3 rings (SSSR count). The third-order valence-electron chi connectivity index (χ3n) is 4.22. The molecule has 1 amide bonds. The molecule has 21 heavy (non-hydrogen) atoms. The molecule has 0 saturated carbocycles. The van der Waals surface area contributed by atoms with Gasteiger partial charge in [0.15, 0.2) is 5.76 Å². The summed E-state index contributed by atoms with van der Waals surface area (Å²) in [5.41, 5.74) is 3.92. The van der Waals surface area contributed by atoms with Gasteiger partial charge in [0.2, 0.25) is 0 Å². The summed E-state index contributed by atoms with van der Waals surface area (Å²) in [7, 11) is 0. The summed E-state index contributed by atoms with van der Waals surface area (Å²) in [5.74, 6) is 2.92. The molecule has 1 fully saturated rings. The minimum absolute atomic E-state index is 0.00307. The van der Waals surface area contributed by atoms with Crippen LogP contribution in [0.5, 0.6) is 0 Å². The van der Waals surface area contributed by atoms with E-state index in [1.54, 1.807) is 5.48 Å². The van der Waals surface area contributed by atoms with Gasteiger partial charge in [-0.2, -0.15) is 0 Å². The Balaban J connectivity index is 2.14. The van der Waals surface area contributed by atoms with Crippen molar-refractivity contribution < 1.29 is 14.4 Å². The van der Waals surface area contributed by atoms with E-state index in [0.29, 0.717) is 0 Å². The van der Waals surface area contributed by atoms with Crippen LogP contribution >= 0.6 is 23.5 Å². The van der Waals surface area contributed by atoms with Gasteiger partial charge < -0.3 is 4.42 Å². The lowest BCUT2D eigenvalue weighted by Crippen LogP contribution is -2.36. The highest BCUT2D eigenvalue weighted by atomic mass is 32.2. The van der Waals surface area contributed by atoms with Gasteiger partial charge in [0.1, 0.15) is 5.76 Å². The van der Waals surface area contributed by atoms with Crippen molar-refractivity contribution in [3.63, 3.8) is 0 Å². The van der Waals surface area contributed by atoms with Gasteiger partial charge >= 0.3 is 5.91 Å². The zero-order valence-electron chi connectivity index (χ0n) is 12.6. The quantitative estimate of drug-likeness (QED) is 0.608. The summed E-state index contributed by atoms with van der Waals surface area (Å²) in [6, 6.07) is 0. The highest BCUT2D eigenvalue weighted by Crippen LogP contribution is 2.61. The van der Waals surface area contributed by atoms with Crippen molar-refractivity contribution in [3.8, 4) is 0 Å². The van der Waals surface area contributed by atoms with Crippen LogP contribution in [0.1, 0.15) is 54.1 Å². The Morgan fingerprint density at radius 1 is 1.33 bits per heavy atom. The molecular weight excluding hydrogens is 306 g/mol. The maximum atomic E-state index is 11.8. The van der Waals surface area contributed by atoms with Gasteiger partial charge in [-0.05, 0) is 36.7 Å². The second kappa shape index (κ2) is 5.25. The van der Waals surface area contributed by atoms with Gasteiger partial charge in [-0.3, -0.25) is 10.0 Å². The molecule has 0 aromatic carbocycles. The third kappa shape index (κ3) is 2.51. The average Bonchev–Trinajstić information content (AvgIpc) is 2.74. The second-order valence-corrected chi connectivity index (χ2v) is 9.66. The van der Waals surface area contributed by atoms with E-state index >= 15 is 0 Å². The summed E-state index contributed by atoms with van der Waals surface area (Å²) in [6.45, 7) is 6.46. The zero-order chi connectivity index (χ0) is 15.3. The molecule has 6 heteroatoms. The smallest absolute Gasteiger partial charge is 0.310 e. The summed E-state index contributed by atoms with van der Waals surface area (Å²) in [5, 5.41) is 8.91. The molecule has 1 spiro atoms. The van der Waals surface area contributed by atoms with Crippen molar-refractivity contribution in [1.82, 2.24) is 5.48 Å². The first-order valence-electron chi connectivity index (χ1n) is 7.24. The molecule has 1 aromatic heterocycles. The first kappa shape index (κ1) is 15.3. The number of amides is 1. The first-order valence-corrected chi connectivity index (χ1v) is 9.21. The number of hydrogen-bond acceptors (Lipinski definition) is 5. The Bertz CT molecular complexity index is 574. The van der Waals surface area contributed by atoms with E-state index in [-0.39, 0.29) is 15.3 Å². The van der Waals surface area contributed by atoms with Crippen molar-refractivity contribution in [1.29, 1.82) is 0 Å². The number of carbonyl (C=O) groups is 1. The monoisotopic (exact) mass is 327 g/mol. The van der Waals surface area contributed by atoms with E-state index in [4.69, 9.17) is 9.62 Å². The predicted molar refractivity (Wildman–Crippen MR) is 86.0 cm³/mol. The van der Waals surface area contributed by atoms with Crippen LogP contribution in [0, 0.1) is 12.3 Å². The molecule has 1 aromatic rings. The molecular formula is C15H21NO3S2. The SMILES string of the molecule is Cc1c(C(=O)NO)oc2c1C1(CC(C)(C)C2)SCCCS1. The maximum absolute atomic E-state index is 11.8. The summed E-state index contributed by atoms with van der Waals surface area (Å²) < 4.78 is 5.85. The van der Waals surface area contributed by atoms with Gasteiger partial charge in [0.25, 0.3) is 0 Å². The fourth-order valence-electron chi connectivity index (χ4n) is 3.50. The van der Waals surface area contributed by atoms with Crippen molar-refractivity contribution in [2.24, 2.45) is 5.41 Å². The minimum Gasteiger partial charge on any atom is -0.455 e. The van der Waals surface area contributed by atoms with E-state index in [1.165, 1.54) is 12.0 Å². The minimum atomic E-state index is -0.555. The standard InChI is InChI=1S/C15H21NO3S2/c1-9-11-10(19-12(9)13(17)16-18)7-14(2,3)8-15(11)20-5-4-6-21-15/h18H,4-8H2,1-3H3,(H,16,17). The Morgan fingerprint density at radius 3 is 2.62 bits per heavy atom.